The molecule has 0 saturated heterocycles. The molecule has 1 aliphatic carbocycles. The minimum Gasteiger partial charge on any atom is -0.505 e. The second-order valence-electron chi connectivity index (χ2n) is 7.96. The van der Waals surface area contributed by atoms with E-state index in [9.17, 15) is 9.50 Å². The summed E-state index contributed by atoms with van der Waals surface area (Å²) in [7, 11) is 0. The van der Waals surface area contributed by atoms with Gasteiger partial charge in [0, 0.05) is 17.4 Å². The maximum Gasteiger partial charge on any atom is 0.168 e. The van der Waals surface area contributed by atoms with Crippen molar-refractivity contribution >= 4 is 0 Å². The average Bonchev–Trinajstić information content (AvgIpc) is 2.51. The lowest BCUT2D eigenvalue weighted by molar-refractivity contribution is 0.0104. The van der Waals surface area contributed by atoms with Crippen LogP contribution in [0, 0.1) is 11.7 Å². The van der Waals surface area contributed by atoms with E-state index < -0.39 is 5.82 Å². The van der Waals surface area contributed by atoms with E-state index in [2.05, 4.69) is 33.8 Å². The number of fused-ring (bicyclic) bond motifs is 3. The molecule has 1 aromatic rings. The maximum absolute atomic E-state index is 14.7. The standard InChI is InChI=1S/C21H29FO2/c1-5-6-7-8-14-12-17-18(20(23)19(14)22)15-11-13(2)9-10-16(15)21(3,4)24-17/h11-12,15-16,23H,5-10H2,1-4H3/t15?,16-/m1/s1. The van der Waals surface area contributed by atoms with Crippen molar-refractivity contribution in [3.05, 3.63) is 34.7 Å². The molecule has 3 heteroatoms. The third-order valence-electron chi connectivity index (χ3n) is 5.71. The topological polar surface area (TPSA) is 29.5 Å². The first-order chi connectivity index (χ1) is 11.3. The second-order valence-corrected chi connectivity index (χ2v) is 7.96. The first-order valence-electron chi connectivity index (χ1n) is 9.25. The molecule has 1 N–H and O–H groups in total. The van der Waals surface area contributed by atoms with E-state index in [0.717, 1.165) is 32.1 Å². The minimum absolute atomic E-state index is 0.0386. The molecule has 132 valence electrons. The van der Waals surface area contributed by atoms with Crippen LogP contribution in [0.1, 0.15) is 76.8 Å². The fourth-order valence-electron chi connectivity index (χ4n) is 4.33. The van der Waals surface area contributed by atoms with Crippen LogP contribution in [0.25, 0.3) is 0 Å². The summed E-state index contributed by atoms with van der Waals surface area (Å²) in [5.41, 5.74) is 2.23. The van der Waals surface area contributed by atoms with Crippen molar-refractivity contribution < 1.29 is 14.2 Å². The molecule has 0 radical (unpaired) electrons. The molecule has 0 aromatic heterocycles. The average molecular weight is 332 g/mol. The van der Waals surface area contributed by atoms with E-state index in [-0.39, 0.29) is 23.2 Å². The van der Waals surface area contributed by atoms with Crippen molar-refractivity contribution in [2.75, 3.05) is 0 Å². The third kappa shape index (κ3) is 2.94. The van der Waals surface area contributed by atoms with Crippen LogP contribution in [-0.2, 0) is 6.42 Å². The van der Waals surface area contributed by atoms with Gasteiger partial charge in [0.2, 0.25) is 0 Å². The number of benzene rings is 1. The molecular formula is C21H29FO2. The number of aromatic hydroxyl groups is 1. The van der Waals surface area contributed by atoms with Crippen LogP contribution >= 0.6 is 0 Å². The predicted octanol–water partition coefficient (Wildman–Crippen LogP) is 5.87. The highest BCUT2D eigenvalue weighted by Crippen LogP contribution is 2.54. The highest BCUT2D eigenvalue weighted by atomic mass is 19.1. The van der Waals surface area contributed by atoms with E-state index >= 15 is 0 Å². The van der Waals surface area contributed by atoms with Crippen LogP contribution in [0.5, 0.6) is 11.5 Å². The van der Waals surface area contributed by atoms with Crippen LogP contribution in [0.15, 0.2) is 17.7 Å². The molecule has 1 aliphatic heterocycles. The van der Waals surface area contributed by atoms with Crippen LogP contribution in [-0.4, -0.2) is 10.7 Å². The van der Waals surface area contributed by atoms with Crippen molar-refractivity contribution in [3.8, 4) is 11.5 Å². The molecule has 24 heavy (non-hydrogen) atoms. The summed E-state index contributed by atoms with van der Waals surface area (Å²) in [4.78, 5) is 0. The Kier molecular flexibility index (Phi) is 4.63. The number of hydrogen-bond donors (Lipinski definition) is 1. The fourth-order valence-corrected chi connectivity index (χ4v) is 4.33. The summed E-state index contributed by atoms with van der Waals surface area (Å²) in [6.07, 6.45) is 7.99. The Bertz CT molecular complexity index is 660. The van der Waals surface area contributed by atoms with Gasteiger partial charge in [0.15, 0.2) is 11.6 Å². The molecule has 0 amide bonds. The van der Waals surface area contributed by atoms with Gasteiger partial charge in [-0.2, -0.15) is 0 Å². The molecule has 0 saturated carbocycles. The summed E-state index contributed by atoms with van der Waals surface area (Å²) in [5, 5.41) is 10.6. The molecular weight excluding hydrogens is 303 g/mol. The van der Waals surface area contributed by atoms with E-state index in [1.165, 1.54) is 5.57 Å². The van der Waals surface area contributed by atoms with Gasteiger partial charge in [-0.05, 0) is 58.1 Å². The molecule has 2 aliphatic rings. The Labute approximate surface area is 144 Å². The Hall–Kier alpha value is -1.51. The smallest absolute Gasteiger partial charge is 0.168 e. The normalized spacial score (nSPS) is 24.6. The largest absolute Gasteiger partial charge is 0.505 e. The monoisotopic (exact) mass is 332 g/mol. The number of halogens is 1. The first-order valence-corrected chi connectivity index (χ1v) is 9.25. The van der Waals surface area contributed by atoms with Crippen LogP contribution < -0.4 is 4.74 Å². The zero-order valence-corrected chi connectivity index (χ0v) is 15.3. The van der Waals surface area contributed by atoms with Crippen LogP contribution in [0.2, 0.25) is 0 Å². The van der Waals surface area contributed by atoms with E-state index in [0.29, 0.717) is 23.3 Å². The summed E-state index contributed by atoms with van der Waals surface area (Å²) in [6.45, 7) is 8.47. The summed E-state index contributed by atoms with van der Waals surface area (Å²) in [6, 6.07) is 1.83. The number of allylic oxidation sites excluding steroid dienone is 2. The van der Waals surface area contributed by atoms with E-state index in [1.54, 1.807) is 0 Å². The maximum atomic E-state index is 14.7. The molecule has 0 bridgehead atoms. The summed E-state index contributed by atoms with van der Waals surface area (Å²) < 4.78 is 21.0. The van der Waals surface area contributed by atoms with Gasteiger partial charge >= 0.3 is 0 Å². The number of phenols is 1. The number of hydrogen-bond acceptors (Lipinski definition) is 2. The molecule has 1 unspecified atom stereocenters. The van der Waals surface area contributed by atoms with Crippen molar-refractivity contribution in [1.82, 2.24) is 0 Å². The van der Waals surface area contributed by atoms with E-state index in [4.69, 9.17) is 4.74 Å². The summed E-state index contributed by atoms with van der Waals surface area (Å²) >= 11 is 0. The van der Waals surface area contributed by atoms with Gasteiger partial charge in [-0.15, -0.1) is 0 Å². The van der Waals surface area contributed by atoms with Crippen LogP contribution in [0.4, 0.5) is 4.39 Å². The number of aryl methyl sites for hydroxylation is 1. The molecule has 1 aromatic carbocycles. The van der Waals surface area contributed by atoms with Crippen LogP contribution in [0.3, 0.4) is 0 Å². The number of phenolic OH excluding ortho intramolecular Hbond substituents is 1. The SMILES string of the molecule is CCCCCc1cc2c(c(O)c1F)C1C=C(C)CC[C@H]1C(C)(C)O2. The Morgan fingerprint density at radius 2 is 2.08 bits per heavy atom. The zero-order valence-electron chi connectivity index (χ0n) is 15.3. The number of unbranched alkanes of at least 4 members (excludes halogenated alkanes) is 2. The van der Waals surface area contributed by atoms with Gasteiger partial charge in [0.25, 0.3) is 0 Å². The van der Waals surface area contributed by atoms with Crippen molar-refractivity contribution in [3.63, 3.8) is 0 Å². The van der Waals surface area contributed by atoms with Gasteiger partial charge < -0.3 is 9.84 Å². The fraction of sp³-hybridized carbons (Fsp3) is 0.619. The lowest BCUT2D eigenvalue weighted by Crippen LogP contribution is -2.45. The minimum atomic E-state index is -0.455. The number of ether oxygens (including phenoxy) is 1. The molecule has 3 rings (SSSR count). The van der Waals surface area contributed by atoms with Crippen molar-refractivity contribution in [2.24, 2.45) is 5.92 Å². The zero-order chi connectivity index (χ0) is 17.5. The predicted molar refractivity (Wildman–Crippen MR) is 95.2 cm³/mol. The van der Waals surface area contributed by atoms with Gasteiger partial charge in [-0.25, -0.2) is 4.39 Å². The van der Waals surface area contributed by atoms with Crippen molar-refractivity contribution in [1.29, 1.82) is 0 Å². The van der Waals surface area contributed by atoms with Gasteiger partial charge in [-0.1, -0.05) is 31.4 Å². The molecule has 2 nitrogen and oxygen atoms in total. The third-order valence-corrected chi connectivity index (χ3v) is 5.71. The second kappa shape index (κ2) is 6.42. The lowest BCUT2D eigenvalue weighted by atomic mass is 9.68. The van der Waals surface area contributed by atoms with Gasteiger partial charge in [-0.3, -0.25) is 0 Å². The summed E-state index contributed by atoms with van der Waals surface area (Å²) in [5.74, 6) is 0.318. The van der Waals surface area contributed by atoms with Crippen molar-refractivity contribution in [2.45, 2.75) is 77.7 Å². The molecule has 1 heterocycles. The lowest BCUT2D eigenvalue weighted by Gasteiger charge is -2.46. The molecule has 2 atom stereocenters. The first kappa shape index (κ1) is 17.3. The molecule has 0 fully saturated rings. The highest BCUT2D eigenvalue weighted by molar-refractivity contribution is 5.54. The Morgan fingerprint density at radius 3 is 2.79 bits per heavy atom. The van der Waals surface area contributed by atoms with Gasteiger partial charge in [0.05, 0.1) is 0 Å². The highest BCUT2D eigenvalue weighted by Gasteiger charge is 2.45. The Balaban J connectivity index is 2.06. The quantitative estimate of drug-likeness (QED) is 0.551. The van der Waals surface area contributed by atoms with Gasteiger partial charge in [0.1, 0.15) is 11.4 Å². The number of rotatable bonds is 4. The molecule has 0 spiro atoms. The van der Waals surface area contributed by atoms with E-state index in [1.807, 2.05) is 6.07 Å². The Morgan fingerprint density at radius 1 is 1.33 bits per heavy atom.